The highest BCUT2D eigenvalue weighted by Gasteiger charge is 2.45. The predicted octanol–water partition coefficient (Wildman–Crippen LogP) is 1.83. The number of rotatable bonds is 5. The lowest BCUT2D eigenvalue weighted by molar-refractivity contribution is 0.146. The summed E-state index contributed by atoms with van der Waals surface area (Å²) in [6, 6.07) is 7.71. The van der Waals surface area contributed by atoms with Gasteiger partial charge in [0.25, 0.3) is 0 Å². The van der Waals surface area contributed by atoms with Crippen LogP contribution in [0.4, 0.5) is 16.3 Å². The lowest BCUT2D eigenvalue weighted by Gasteiger charge is -2.39. The van der Waals surface area contributed by atoms with Gasteiger partial charge >= 0.3 is 6.03 Å². The maximum absolute atomic E-state index is 12.6. The lowest BCUT2D eigenvalue weighted by atomic mass is 9.88. The van der Waals surface area contributed by atoms with Crippen LogP contribution in [0.2, 0.25) is 0 Å². The Balaban J connectivity index is 1.20. The minimum atomic E-state index is -0.827. The van der Waals surface area contributed by atoms with Crippen LogP contribution < -0.4 is 15.5 Å². The highest BCUT2D eigenvalue weighted by atomic mass is 16.3. The van der Waals surface area contributed by atoms with Crippen LogP contribution in [0.15, 0.2) is 49.2 Å². The van der Waals surface area contributed by atoms with Crippen molar-refractivity contribution in [3.05, 3.63) is 54.7 Å². The molecule has 9 nitrogen and oxygen atoms in total. The number of amides is 2. The summed E-state index contributed by atoms with van der Waals surface area (Å²) in [4.78, 5) is 25.3. The molecular formula is C22H27N7O2. The molecule has 3 aromatic rings. The minimum Gasteiger partial charge on any atom is -0.372 e. The van der Waals surface area contributed by atoms with E-state index < -0.39 is 6.23 Å². The summed E-state index contributed by atoms with van der Waals surface area (Å²) in [5.74, 6) is 0.925. The van der Waals surface area contributed by atoms with E-state index >= 15 is 0 Å². The summed E-state index contributed by atoms with van der Waals surface area (Å²) in [7, 11) is 0. The van der Waals surface area contributed by atoms with E-state index in [2.05, 4.69) is 25.5 Å². The first-order valence-electron chi connectivity index (χ1n) is 10.6. The summed E-state index contributed by atoms with van der Waals surface area (Å²) >= 11 is 0. The van der Waals surface area contributed by atoms with Crippen LogP contribution >= 0.6 is 0 Å². The number of aliphatic hydroxyl groups excluding tert-OH is 1. The minimum absolute atomic E-state index is 0.116. The molecule has 2 aliphatic heterocycles. The topological polar surface area (TPSA) is 98.0 Å². The molecular weight excluding hydrogens is 394 g/mol. The quantitative estimate of drug-likeness (QED) is 0.544. The maximum atomic E-state index is 12.6. The molecule has 3 N–H and O–H groups in total. The van der Waals surface area contributed by atoms with Gasteiger partial charge in [-0.2, -0.15) is 0 Å². The lowest BCUT2D eigenvalue weighted by Crippen LogP contribution is -2.52. The number of nitrogens with zero attached hydrogens (tertiary/aromatic N) is 5. The molecule has 1 unspecified atom stereocenters. The van der Waals surface area contributed by atoms with Crippen LogP contribution in [0.1, 0.15) is 18.4 Å². The van der Waals surface area contributed by atoms with Crippen molar-refractivity contribution in [3.8, 4) is 0 Å². The molecule has 2 aliphatic rings. The van der Waals surface area contributed by atoms with E-state index in [4.69, 9.17) is 0 Å². The Morgan fingerprint density at radius 3 is 2.81 bits per heavy atom. The van der Waals surface area contributed by atoms with Crippen LogP contribution in [0.25, 0.3) is 5.52 Å². The monoisotopic (exact) mass is 421 g/mol. The fourth-order valence-corrected chi connectivity index (χ4v) is 4.54. The van der Waals surface area contributed by atoms with Crippen molar-refractivity contribution in [1.29, 1.82) is 0 Å². The van der Waals surface area contributed by atoms with E-state index in [9.17, 15) is 9.90 Å². The van der Waals surface area contributed by atoms with Gasteiger partial charge in [-0.05, 0) is 31.9 Å². The average Bonchev–Trinajstić information content (AvgIpc) is 3.35. The molecule has 2 fully saturated rings. The average molecular weight is 422 g/mol. The third-order valence-corrected chi connectivity index (χ3v) is 6.27. The summed E-state index contributed by atoms with van der Waals surface area (Å²) in [5, 5.41) is 16.7. The fourth-order valence-electron chi connectivity index (χ4n) is 4.54. The normalized spacial score (nSPS) is 19.1. The molecule has 2 saturated heterocycles. The van der Waals surface area contributed by atoms with Gasteiger partial charge in [0, 0.05) is 37.7 Å². The molecule has 5 rings (SSSR count). The van der Waals surface area contributed by atoms with E-state index in [-0.39, 0.29) is 18.1 Å². The summed E-state index contributed by atoms with van der Waals surface area (Å²) in [5.41, 5.74) is 2.72. The standard InChI is InChI=1S/C22H27N7O2/c1-16-2-4-17(5-3-16)25-19(30)13-29-14-22(26-21(29)31)6-9-27(10-7-22)20-18-12-23-15-28(18)11-8-24-20/h2-5,8,11-12,15,19,25,30H,6-7,9-10,13-14H2,1H3,(H,26,31). The number of anilines is 2. The number of fused-ring (bicyclic) bond motifs is 1. The Kier molecular flexibility index (Phi) is 4.90. The molecule has 1 atom stereocenters. The smallest absolute Gasteiger partial charge is 0.318 e. The molecule has 0 radical (unpaired) electrons. The SMILES string of the molecule is Cc1ccc(NC(O)CN2CC3(CCN(c4nccn5cncc45)CC3)NC2=O)cc1. The summed E-state index contributed by atoms with van der Waals surface area (Å²) in [6.45, 7) is 4.45. The number of aliphatic hydroxyl groups is 1. The second-order valence-corrected chi connectivity index (χ2v) is 8.54. The number of hydrogen-bond donors (Lipinski definition) is 3. The Bertz CT molecular complexity index is 1070. The van der Waals surface area contributed by atoms with Gasteiger partial charge in [0.05, 0.1) is 24.6 Å². The number of carbonyl (C=O) groups is 1. The number of carbonyl (C=O) groups excluding carboxylic acids is 1. The van der Waals surface area contributed by atoms with Gasteiger partial charge in [0.1, 0.15) is 11.7 Å². The molecule has 0 aliphatic carbocycles. The van der Waals surface area contributed by atoms with E-state index in [1.54, 1.807) is 17.4 Å². The number of benzene rings is 1. The number of aromatic nitrogens is 3. The highest BCUT2D eigenvalue weighted by Crippen LogP contribution is 2.31. The van der Waals surface area contributed by atoms with Gasteiger partial charge < -0.3 is 29.9 Å². The second kappa shape index (κ2) is 7.73. The Labute approximate surface area is 180 Å². The van der Waals surface area contributed by atoms with Crippen molar-refractivity contribution in [2.75, 3.05) is 36.4 Å². The van der Waals surface area contributed by atoms with Crippen LogP contribution in [-0.2, 0) is 0 Å². The van der Waals surface area contributed by atoms with Crippen molar-refractivity contribution in [1.82, 2.24) is 24.6 Å². The number of urea groups is 1. The second-order valence-electron chi connectivity index (χ2n) is 8.54. The van der Waals surface area contributed by atoms with Crippen LogP contribution in [-0.4, -0.2) is 68.4 Å². The van der Waals surface area contributed by atoms with Crippen LogP contribution in [0.5, 0.6) is 0 Å². The molecule has 0 bridgehead atoms. The molecule has 4 heterocycles. The van der Waals surface area contributed by atoms with Crippen LogP contribution in [0.3, 0.4) is 0 Å². The third-order valence-electron chi connectivity index (χ3n) is 6.27. The molecule has 31 heavy (non-hydrogen) atoms. The van der Waals surface area contributed by atoms with Crippen LogP contribution in [0, 0.1) is 6.92 Å². The number of piperidine rings is 1. The van der Waals surface area contributed by atoms with Gasteiger partial charge in [-0.25, -0.2) is 14.8 Å². The van der Waals surface area contributed by atoms with Gasteiger partial charge in [0.15, 0.2) is 5.82 Å². The number of β-amino-alcohol motifs (C(OH)–C–C–N with tert-alkyl or cyclic N) is 1. The van der Waals surface area contributed by atoms with Gasteiger partial charge in [0.2, 0.25) is 0 Å². The van der Waals surface area contributed by atoms with E-state index in [0.717, 1.165) is 48.5 Å². The predicted molar refractivity (Wildman–Crippen MR) is 118 cm³/mol. The molecule has 2 amide bonds. The van der Waals surface area contributed by atoms with Crippen molar-refractivity contribution >= 4 is 23.1 Å². The molecule has 1 aromatic carbocycles. The number of nitrogens with one attached hydrogen (secondary N) is 2. The maximum Gasteiger partial charge on any atom is 0.318 e. The Morgan fingerprint density at radius 1 is 1.26 bits per heavy atom. The van der Waals surface area contributed by atoms with Gasteiger partial charge in [-0.15, -0.1) is 0 Å². The third kappa shape index (κ3) is 3.88. The number of hydrogen-bond acceptors (Lipinski definition) is 6. The fraction of sp³-hybridized carbons (Fsp3) is 0.409. The first-order chi connectivity index (χ1) is 15.0. The molecule has 0 saturated carbocycles. The molecule has 2 aromatic heterocycles. The van der Waals surface area contributed by atoms with Crippen molar-refractivity contribution in [2.24, 2.45) is 0 Å². The first-order valence-corrected chi connectivity index (χ1v) is 10.6. The Hall–Kier alpha value is -3.33. The number of aryl methyl sites for hydroxylation is 1. The zero-order chi connectivity index (χ0) is 21.4. The molecule has 1 spiro atoms. The van der Waals surface area contributed by atoms with Crippen molar-refractivity contribution in [3.63, 3.8) is 0 Å². The zero-order valence-electron chi connectivity index (χ0n) is 17.5. The van der Waals surface area contributed by atoms with Crippen molar-refractivity contribution in [2.45, 2.75) is 31.5 Å². The summed E-state index contributed by atoms with van der Waals surface area (Å²) in [6.07, 6.45) is 8.11. The van der Waals surface area contributed by atoms with Gasteiger partial charge in [-0.3, -0.25) is 0 Å². The molecule has 162 valence electrons. The van der Waals surface area contributed by atoms with Crippen molar-refractivity contribution < 1.29 is 9.90 Å². The molecule has 9 heteroatoms. The largest absolute Gasteiger partial charge is 0.372 e. The highest BCUT2D eigenvalue weighted by molar-refractivity contribution is 5.78. The summed E-state index contributed by atoms with van der Waals surface area (Å²) < 4.78 is 1.97. The van der Waals surface area contributed by atoms with E-state index in [0.29, 0.717) is 6.54 Å². The first kappa shape index (κ1) is 19.6. The van der Waals surface area contributed by atoms with E-state index in [1.807, 2.05) is 48.0 Å². The zero-order valence-corrected chi connectivity index (χ0v) is 17.5. The van der Waals surface area contributed by atoms with E-state index in [1.165, 1.54) is 0 Å². The number of imidazole rings is 1. The van der Waals surface area contributed by atoms with Gasteiger partial charge in [-0.1, -0.05) is 17.7 Å². The Morgan fingerprint density at radius 2 is 2.03 bits per heavy atom.